The number of benzene rings is 4. The van der Waals surface area contributed by atoms with Crippen molar-refractivity contribution < 1.29 is 19.4 Å². The summed E-state index contributed by atoms with van der Waals surface area (Å²) in [5.74, 6) is -1.24. The summed E-state index contributed by atoms with van der Waals surface area (Å²) in [6.45, 7) is 0.113. The highest BCUT2D eigenvalue weighted by atomic mass is 35.5. The van der Waals surface area contributed by atoms with E-state index in [0.29, 0.717) is 5.02 Å². The number of halogens is 1. The zero-order valence-electron chi connectivity index (χ0n) is 20.9. The van der Waals surface area contributed by atoms with E-state index >= 15 is 0 Å². The summed E-state index contributed by atoms with van der Waals surface area (Å²) in [7, 11) is 0. The summed E-state index contributed by atoms with van der Waals surface area (Å²) in [5, 5.41) is 14.0. The molecule has 1 amide bonds. The Bertz CT molecular complexity index is 1660. The average Bonchev–Trinajstić information content (AvgIpc) is 3.50. The number of para-hydroxylation sites is 1. The van der Waals surface area contributed by atoms with Gasteiger partial charge >= 0.3 is 12.1 Å². The van der Waals surface area contributed by atoms with Crippen molar-refractivity contribution in [2.75, 3.05) is 6.61 Å². The molecule has 0 saturated carbocycles. The predicted octanol–water partition coefficient (Wildman–Crippen LogP) is 7.02. The zero-order chi connectivity index (χ0) is 26.9. The van der Waals surface area contributed by atoms with Crippen LogP contribution in [-0.2, 0) is 16.0 Å². The fraction of sp³-hybridized carbons (Fsp3) is 0.125. The highest BCUT2D eigenvalue weighted by Gasteiger charge is 2.30. The van der Waals surface area contributed by atoms with Gasteiger partial charge in [0.25, 0.3) is 0 Å². The molecule has 7 heteroatoms. The Kier molecular flexibility index (Phi) is 6.55. The summed E-state index contributed by atoms with van der Waals surface area (Å²) in [6.07, 6.45) is 1.12. The number of carbonyl (C=O) groups excluding carboxylic acids is 1. The highest BCUT2D eigenvalue weighted by Crippen LogP contribution is 2.44. The smallest absolute Gasteiger partial charge is 0.407 e. The normalized spacial score (nSPS) is 13.1. The number of rotatable bonds is 7. The van der Waals surface area contributed by atoms with Crippen molar-refractivity contribution in [3.63, 3.8) is 0 Å². The van der Waals surface area contributed by atoms with Gasteiger partial charge in [-0.1, -0.05) is 90.5 Å². The van der Waals surface area contributed by atoms with Crippen LogP contribution in [0.4, 0.5) is 4.79 Å². The lowest BCUT2D eigenvalue weighted by molar-refractivity contribution is -0.139. The van der Waals surface area contributed by atoms with E-state index in [9.17, 15) is 14.7 Å². The number of aromatic nitrogens is 1. The molecule has 0 saturated heterocycles. The minimum Gasteiger partial charge on any atom is -0.480 e. The van der Waals surface area contributed by atoms with Gasteiger partial charge in [-0.2, -0.15) is 0 Å². The number of aromatic amines is 1. The van der Waals surface area contributed by atoms with Crippen LogP contribution in [-0.4, -0.2) is 34.8 Å². The van der Waals surface area contributed by atoms with Gasteiger partial charge in [0.2, 0.25) is 0 Å². The van der Waals surface area contributed by atoms with Crippen molar-refractivity contribution in [1.82, 2.24) is 10.3 Å². The molecule has 194 valence electrons. The molecule has 6 nitrogen and oxygen atoms in total. The summed E-state index contributed by atoms with van der Waals surface area (Å²) < 4.78 is 5.58. The van der Waals surface area contributed by atoms with Crippen LogP contribution in [0.15, 0.2) is 97.2 Å². The van der Waals surface area contributed by atoms with Gasteiger partial charge in [-0.25, -0.2) is 9.59 Å². The average molecular weight is 537 g/mol. The maximum absolute atomic E-state index is 12.8. The number of carboxylic acids is 1. The highest BCUT2D eigenvalue weighted by molar-refractivity contribution is 6.30. The summed E-state index contributed by atoms with van der Waals surface area (Å²) >= 11 is 6.19. The molecule has 0 bridgehead atoms. The van der Waals surface area contributed by atoms with Gasteiger partial charge in [-0.15, -0.1) is 0 Å². The molecule has 0 unspecified atom stereocenters. The molecule has 0 spiro atoms. The fourth-order valence-corrected chi connectivity index (χ4v) is 5.67. The summed E-state index contributed by atoms with van der Waals surface area (Å²) in [4.78, 5) is 28.2. The number of alkyl carbamates (subject to hydrolysis) is 1. The summed E-state index contributed by atoms with van der Waals surface area (Å²) in [5.41, 5.74) is 8.00. The molecule has 1 atom stereocenters. The Morgan fingerprint density at radius 1 is 0.897 bits per heavy atom. The number of aliphatic carboxylic acids is 1. The van der Waals surface area contributed by atoms with Crippen molar-refractivity contribution in [2.45, 2.75) is 18.4 Å². The van der Waals surface area contributed by atoms with Crippen LogP contribution in [0.5, 0.6) is 0 Å². The van der Waals surface area contributed by atoms with Crippen molar-refractivity contribution >= 4 is 34.6 Å². The first-order valence-electron chi connectivity index (χ1n) is 12.7. The zero-order valence-corrected chi connectivity index (χ0v) is 21.6. The standard InChI is InChI=1S/C32H25ClN2O4/c33-21-8-5-7-19(15-21)22-13-6-14-23-20(17-34-30(22)23)16-29(31(36)37)35-32(38)39-18-28-26-11-3-1-9-24(26)25-10-2-4-12-27(25)28/h1-15,17,28-29,34H,16,18H2,(H,35,38)(H,36,37)/t29-/m0/s1. The van der Waals surface area contributed by atoms with E-state index in [1.54, 1.807) is 6.20 Å². The number of nitrogens with one attached hydrogen (secondary N) is 2. The van der Waals surface area contributed by atoms with Crippen LogP contribution in [0.3, 0.4) is 0 Å². The van der Waals surface area contributed by atoms with E-state index in [-0.39, 0.29) is 18.9 Å². The van der Waals surface area contributed by atoms with Gasteiger partial charge in [-0.05, 0) is 45.5 Å². The minimum absolute atomic E-state index is 0.0958. The maximum Gasteiger partial charge on any atom is 0.407 e. The van der Waals surface area contributed by atoms with E-state index in [1.807, 2.05) is 78.9 Å². The van der Waals surface area contributed by atoms with Crippen LogP contribution in [0.1, 0.15) is 22.6 Å². The number of carbonyl (C=O) groups is 2. The van der Waals surface area contributed by atoms with E-state index in [2.05, 4.69) is 22.4 Å². The number of amides is 1. The Balaban J connectivity index is 1.18. The molecule has 1 aliphatic carbocycles. The van der Waals surface area contributed by atoms with Gasteiger partial charge in [0.15, 0.2) is 0 Å². The number of carboxylic acid groups (broad SMARTS) is 1. The number of H-pyrrole nitrogens is 1. The molecule has 0 radical (unpaired) electrons. The number of fused-ring (bicyclic) bond motifs is 4. The van der Waals surface area contributed by atoms with Crippen LogP contribution >= 0.6 is 11.6 Å². The lowest BCUT2D eigenvalue weighted by atomic mass is 9.98. The molecule has 0 aliphatic heterocycles. The molecule has 4 aromatic carbocycles. The van der Waals surface area contributed by atoms with Crippen LogP contribution in [0, 0.1) is 0 Å². The molecule has 1 aliphatic rings. The molecular weight excluding hydrogens is 512 g/mol. The quantitative estimate of drug-likeness (QED) is 0.208. The van der Waals surface area contributed by atoms with Crippen molar-refractivity contribution in [1.29, 1.82) is 0 Å². The largest absolute Gasteiger partial charge is 0.480 e. The molecule has 1 aromatic heterocycles. The van der Waals surface area contributed by atoms with Gasteiger partial charge in [0.05, 0.1) is 5.52 Å². The molecule has 3 N–H and O–H groups in total. The lowest BCUT2D eigenvalue weighted by Gasteiger charge is -2.17. The van der Waals surface area contributed by atoms with Crippen molar-refractivity contribution in [2.24, 2.45) is 0 Å². The molecule has 1 heterocycles. The molecule has 39 heavy (non-hydrogen) atoms. The number of hydrogen-bond donors (Lipinski definition) is 3. The summed E-state index contributed by atoms with van der Waals surface area (Å²) in [6, 6.07) is 28.4. The maximum atomic E-state index is 12.8. The molecule has 5 aromatic rings. The SMILES string of the molecule is O=C(N[C@@H](Cc1c[nH]c2c(-c3cccc(Cl)c3)cccc12)C(=O)O)OCC1c2ccccc2-c2ccccc21. The third kappa shape index (κ3) is 4.75. The first-order valence-corrected chi connectivity index (χ1v) is 13.1. The van der Waals surface area contributed by atoms with Gasteiger partial charge in [-0.3, -0.25) is 0 Å². The molecule has 0 fully saturated rings. The van der Waals surface area contributed by atoms with E-state index in [0.717, 1.165) is 49.8 Å². The monoisotopic (exact) mass is 536 g/mol. The predicted molar refractivity (Wildman–Crippen MR) is 152 cm³/mol. The third-order valence-electron chi connectivity index (χ3n) is 7.29. The Hall–Kier alpha value is -4.55. The Labute approximate surface area is 230 Å². The van der Waals surface area contributed by atoms with E-state index in [1.165, 1.54) is 0 Å². The lowest BCUT2D eigenvalue weighted by Crippen LogP contribution is -2.42. The minimum atomic E-state index is -1.16. The van der Waals surface area contributed by atoms with Crippen LogP contribution in [0.25, 0.3) is 33.2 Å². The van der Waals surface area contributed by atoms with E-state index in [4.69, 9.17) is 16.3 Å². The Morgan fingerprint density at radius 3 is 2.26 bits per heavy atom. The topological polar surface area (TPSA) is 91.4 Å². The third-order valence-corrected chi connectivity index (χ3v) is 7.53. The molecular formula is C32H25ClN2O4. The number of hydrogen-bond acceptors (Lipinski definition) is 3. The number of ether oxygens (including phenoxy) is 1. The van der Waals surface area contributed by atoms with Crippen molar-refractivity contribution in [3.05, 3.63) is 119 Å². The second kappa shape index (κ2) is 10.3. The Morgan fingerprint density at radius 2 is 1.56 bits per heavy atom. The van der Waals surface area contributed by atoms with Crippen LogP contribution in [0.2, 0.25) is 5.02 Å². The van der Waals surface area contributed by atoms with Gasteiger partial charge in [0.1, 0.15) is 12.6 Å². The fourth-order valence-electron chi connectivity index (χ4n) is 5.48. The van der Waals surface area contributed by atoms with Gasteiger partial charge < -0.3 is 20.1 Å². The second-order valence-corrected chi connectivity index (χ2v) is 10.1. The second-order valence-electron chi connectivity index (χ2n) is 9.62. The molecule has 6 rings (SSSR count). The van der Waals surface area contributed by atoms with E-state index < -0.39 is 18.1 Å². The first-order chi connectivity index (χ1) is 19.0. The van der Waals surface area contributed by atoms with Gasteiger partial charge in [0, 0.05) is 34.5 Å². The first kappa shape index (κ1) is 24.8. The van der Waals surface area contributed by atoms with Crippen LogP contribution < -0.4 is 5.32 Å². The van der Waals surface area contributed by atoms with Crippen molar-refractivity contribution in [3.8, 4) is 22.3 Å².